The molecule has 0 aliphatic carbocycles. The van der Waals surface area contributed by atoms with Crippen LogP contribution in [-0.4, -0.2) is 42.0 Å². The minimum absolute atomic E-state index is 0.221. The average molecular weight is 337 g/mol. The average Bonchev–Trinajstić information content (AvgIpc) is 2.89. The number of carbonyl (C=O) groups excluding carboxylic acids is 1. The summed E-state index contributed by atoms with van der Waals surface area (Å²) in [6.45, 7) is 9.98. The van der Waals surface area contributed by atoms with Crippen LogP contribution < -0.4 is 5.32 Å². The van der Waals surface area contributed by atoms with Crippen molar-refractivity contribution >= 4 is 17.9 Å². The van der Waals surface area contributed by atoms with Gasteiger partial charge < -0.3 is 15.0 Å². The van der Waals surface area contributed by atoms with Gasteiger partial charge in [-0.1, -0.05) is 18.2 Å². The smallest absolute Gasteiger partial charge is 0.410 e. The lowest BCUT2D eigenvalue weighted by Crippen LogP contribution is -2.38. The number of thioether (sulfide) groups is 1. The largest absolute Gasteiger partial charge is 0.444 e. The van der Waals surface area contributed by atoms with Gasteiger partial charge in [0.25, 0.3) is 0 Å². The zero-order valence-corrected chi connectivity index (χ0v) is 15.4. The topological polar surface area (TPSA) is 41.6 Å². The molecule has 0 radical (unpaired) electrons. The maximum atomic E-state index is 12.1. The van der Waals surface area contributed by atoms with Gasteiger partial charge in [0, 0.05) is 29.8 Å². The SMILES string of the molecule is CCN(CCCNC1CSc2ccccc21)C(=O)OC(C)(C)C. The van der Waals surface area contributed by atoms with E-state index >= 15 is 0 Å². The Labute approximate surface area is 144 Å². The number of fused-ring (bicyclic) bond motifs is 1. The van der Waals surface area contributed by atoms with E-state index in [-0.39, 0.29) is 6.09 Å². The Morgan fingerprint density at radius 1 is 1.39 bits per heavy atom. The number of hydrogen-bond donors (Lipinski definition) is 1. The first-order chi connectivity index (χ1) is 10.9. The van der Waals surface area contributed by atoms with Crippen molar-refractivity contribution in [3.05, 3.63) is 29.8 Å². The fraction of sp³-hybridized carbons (Fsp3) is 0.611. The normalized spacial score (nSPS) is 17.0. The maximum absolute atomic E-state index is 12.1. The van der Waals surface area contributed by atoms with E-state index in [4.69, 9.17) is 4.74 Å². The van der Waals surface area contributed by atoms with E-state index in [1.54, 1.807) is 4.90 Å². The summed E-state index contributed by atoms with van der Waals surface area (Å²) in [5, 5.41) is 3.60. The van der Waals surface area contributed by atoms with Gasteiger partial charge >= 0.3 is 6.09 Å². The zero-order chi connectivity index (χ0) is 16.9. The Kier molecular flexibility index (Phi) is 6.36. The molecule has 0 aromatic heterocycles. The quantitative estimate of drug-likeness (QED) is 0.795. The van der Waals surface area contributed by atoms with Gasteiger partial charge in [0.1, 0.15) is 5.60 Å². The molecule has 4 nitrogen and oxygen atoms in total. The molecule has 23 heavy (non-hydrogen) atoms. The van der Waals surface area contributed by atoms with Crippen LogP contribution in [0.2, 0.25) is 0 Å². The Morgan fingerprint density at radius 2 is 2.13 bits per heavy atom. The van der Waals surface area contributed by atoms with E-state index in [1.165, 1.54) is 10.5 Å². The van der Waals surface area contributed by atoms with Crippen LogP contribution in [0.4, 0.5) is 4.79 Å². The Morgan fingerprint density at radius 3 is 2.83 bits per heavy atom. The first kappa shape index (κ1) is 18.1. The molecule has 1 aromatic carbocycles. The highest BCUT2D eigenvalue weighted by Crippen LogP contribution is 2.37. The van der Waals surface area contributed by atoms with Crippen LogP contribution in [0.3, 0.4) is 0 Å². The summed E-state index contributed by atoms with van der Waals surface area (Å²) in [4.78, 5) is 15.2. The molecule has 1 heterocycles. The second-order valence-corrected chi connectivity index (χ2v) is 7.83. The molecule has 128 valence electrons. The van der Waals surface area contributed by atoms with Gasteiger partial charge in [0.2, 0.25) is 0 Å². The molecular formula is C18H28N2O2S. The monoisotopic (exact) mass is 336 g/mol. The van der Waals surface area contributed by atoms with Gasteiger partial charge in [-0.3, -0.25) is 0 Å². The predicted molar refractivity (Wildman–Crippen MR) is 96.0 cm³/mol. The Balaban J connectivity index is 1.73. The molecular weight excluding hydrogens is 308 g/mol. The summed E-state index contributed by atoms with van der Waals surface area (Å²) < 4.78 is 5.43. The van der Waals surface area contributed by atoms with Gasteiger partial charge in [-0.15, -0.1) is 11.8 Å². The van der Waals surface area contributed by atoms with Crippen molar-refractivity contribution in [2.75, 3.05) is 25.4 Å². The summed E-state index contributed by atoms with van der Waals surface area (Å²) in [5.41, 5.74) is 0.963. The summed E-state index contributed by atoms with van der Waals surface area (Å²) in [5.74, 6) is 1.09. The van der Waals surface area contributed by atoms with Crippen LogP contribution in [0.15, 0.2) is 29.2 Å². The van der Waals surface area contributed by atoms with Gasteiger partial charge in [-0.05, 0) is 52.3 Å². The third kappa shape index (κ3) is 5.43. The fourth-order valence-corrected chi connectivity index (χ4v) is 3.78. The standard InChI is InChI=1S/C18H28N2O2S/c1-5-20(17(21)22-18(2,3)4)12-8-11-19-15-13-23-16-10-7-6-9-14(15)16/h6-7,9-10,15,19H,5,8,11-13H2,1-4H3. The van der Waals surface area contributed by atoms with E-state index in [2.05, 4.69) is 29.6 Å². The number of ether oxygens (including phenoxy) is 1. The van der Waals surface area contributed by atoms with Crippen molar-refractivity contribution in [2.45, 2.75) is 50.7 Å². The van der Waals surface area contributed by atoms with Crippen molar-refractivity contribution in [1.82, 2.24) is 10.2 Å². The molecule has 1 atom stereocenters. The van der Waals surface area contributed by atoms with Crippen LogP contribution in [0, 0.1) is 0 Å². The van der Waals surface area contributed by atoms with Crippen LogP contribution in [0.25, 0.3) is 0 Å². The third-order valence-electron chi connectivity index (χ3n) is 3.73. The molecule has 1 unspecified atom stereocenters. The minimum Gasteiger partial charge on any atom is -0.444 e. The van der Waals surface area contributed by atoms with Gasteiger partial charge in [0.15, 0.2) is 0 Å². The fourth-order valence-electron chi connectivity index (χ4n) is 2.58. The summed E-state index contributed by atoms with van der Waals surface area (Å²) >= 11 is 1.91. The second-order valence-electron chi connectivity index (χ2n) is 6.77. The van der Waals surface area contributed by atoms with E-state index in [1.807, 2.05) is 39.5 Å². The van der Waals surface area contributed by atoms with Crippen molar-refractivity contribution in [2.24, 2.45) is 0 Å². The highest BCUT2D eigenvalue weighted by molar-refractivity contribution is 7.99. The van der Waals surface area contributed by atoms with E-state index in [0.29, 0.717) is 12.6 Å². The van der Waals surface area contributed by atoms with Crippen LogP contribution in [0.5, 0.6) is 0 Å². The molecule has 0 spiro atoms. The first-order valence-corrected chi connectivity index (χ1v) is 9.32. The van der Waals surface area contributed by atoms with Crippen LogP contribution >= 0.6 is 11.8 Å². The highest BCUT2D eigenvalue weighted by atomic mass is 32.2. The molecule has 1 aliphatic heterocycles. The Hall–Kier alpha value is -1.20. The minimum atomic E-state index is -0.437. The number of nitrogens with zero attached hydrogens (tertiary/aromatic N) is 1. The lowest BCUT2D eigenvalue weighted by atomic mass is 10.1. The highest BCUT2D eigenvalue weighted by Gasteiger charge is 2.23. The van der Waals surface area contributed by atoms with Gasteiger partial charge in [-0.2, -0.15) is 0 Å². The number of hydrogen-bond acceptors (Lipinski definition) is 4. The molecule has 1 N–H and O–H groups in total. The van der Waals surface area contributed by atoms with Crippen LogP contribution in [-0.2, 0) is 4.74 Å². The lowest BCUT2D eigenvalue weighted by Gasteiger charge is -2.26. The number of rotatable bonds is 6. The first-order valence-electron chi connectivity index (χ1n) is 8.33. The van der Waals surface area contributed by atoms with E-state index in [9.17, 15) is 4.79 Å². The molecule has 1 aromatic rings. The molecule has 5 heteroatoms. The summed E-state index contributed by atoms with van der Waals surface area (Å²) in [7, 11) is 0. The third-order valence-corrected chi connectivity index (χ3v) is 4.91. The van der Waals surface area contributed by atoms with Crippen molar-refractivity contribution in [1.29, 1.82) is 0 Å². The maximum Gasteiger partial charge on any atom is 0.410 e. The zero-order valence-electron chi connectivity index (χ0n) is 14.6. The number of carbonyl (C=O) groups is 1. The van der Waals surface area contributed by atoms with Gasteiger partial charge in [0.05, 0.1) is 0 Å². The molecule has 0 saturated heterocycles. The Bertz CT molecular complexity index is 528. The predicted octanol–water partition coefficient (Wildman–Crippen LogP) is 4.07. The van der Waals surface area contributed by atoms with E-state index < -0.39 is 5.60 Å². The summed E-state index contributed by atoms with van der Waals surface area (Å²) in [6.07, 6.45) is 0.706. The van der Waals surface area contributed by atoms with Crippen molar-refractivity contribution in [3.8, 4) is 0 Å². The molecule has 0 fully saturated rings. The van der Waals surface area contributed by atoms with Crippen LogP contribution in [0.1, 0.15) is 45.7 Å². The number of nitrogens with one attached hydrogen (secondary N) is 1. The number of benzene rings is 1. The lowest BCUT2D eigenvalue weighted by molar-refractivity contribution is 0.0258. The molecule has 1 amide bonds. The summed E-state index contributed by atoms with van der Waals surface area (Å²) in [6, 6.07) is 9.00. The molecule has 0 saturated carbocycles. The molecule has 0 bridgehead atoms. The second kappa shape index (κ2) is 8.06. The van der Waals surface area contributed by atoms with Crippen molar-refractivity contribution < 1.29 is 9.53 Å². The molecule has 2 rings (SSSR count). The molecule has 1 aliphatic rings. The van der Waals surface area contributed by atoms with Gasteiger partial charge in [-0.25, -0.2) is 4.79 Å². The number of amides is 1. The van der Waals surface area contributed by atoms with Crippen molar-refractivity contribution in [3.63, 3.8) is 0 Å². The van der Waals surface area contributed by atoms with E-state index in [0.717, 1.165) is 25.3 Å².